The van der Waals surface area contributed by atoms with Gasteiger partial charge in [-0.05, 0) is 24.7 Å². The Balaban J connectivity index is 0.00000324. The second kappa shape index (κ2) is 9.72. The molecule has 1 aromatic rings. The summed E-state index contributed by atoms with van der Waals surface area (Å²) in [6, 6.07) is 5.80. The van der Waals surface area contributed by atoms with Gasteiger partial charge in [-0.2, -0.15) is 0 Å². The number of amides is 1. The highest BCUT2D eigenvalue weighted by Gasteiger charge is 2.14. The van der Waals surface area contributed by atoms with Crippen LogP contribution in [0.5, 0.6) is 0 Å². The molecular weight excluding hydrogens is 271 g/mol. The van der Waals surface area contributed by atoms with Gasteiger partial charge < -0.3 is 15.4 Å². The standard InChI is InChI=1S/C13H19FN2O2.ClH/c1-15-8-7-13(17)16-12(9-18-2)10-3-5-11(14)6-4-10;/h3-6,12,15H,7-9H2,1-2H3,(H,16,17);1H. The van der Waals surface area contributed by atoms with Crippen LogP contribution >= 0.6 is 12.4 Å². The molecule has 4 nitrogen and oxygen atoms in total. The predicted molar refractivity (Wildman–Crippen MR) is 75.0 cm³/mol. The molecule has 1 atom stereocenters. The van der Waals surface area contributed by atoms with Crippen LogP contribution in [0.25, 0.3) is 0 Å². The molecule has 0 radical (unpaired) electrons. The van der Waals surface area contributed by atoms with Crippen molar-refractivity contribution in [1.82, 2.24) is 10.6 Å². The Morgan fingerprint density at radius 1 is 1.37 bits per heavy atom. The van der Waals surface area contributed by atoms with Gasteiger partial charge in [0.1, 0.15) is 5.82 Å². The summed E-state index contributed by atoms with van der Waals surface area (Å²) < 4.78 is 17.9. The summed E-state index contributed by atoms with van der Waals surface area (Å²) in [6.45, 7) is 0.978. The zero-order valence-electron chi connectivity index (χ0n) is 11.1. The van der Waals surface area contributed by atoms with Crippen molar-refractivity contribution in [2.24, 2.45) is 0 Å². The molecule has 1 rings (SSSR count). The average molecular weight is 291 g/mol. The molecular formula is C13H20ClFN2O2. The number of hydrogen-bond acceptors (Lipinski definition) is 3. The van der Waals surface area contributed by atoms with Gasteiger partial charge in [-0.25, -0.2) is 4.39 Å². The number of carbonyl (C=O) groups is 1. The van der Waals surface area contributed by atoms with Crippen molar-refractivity contribution >= 4 is 18.3 Å². The van der Waals surface area contributed by atoms with Crippen LogP contribution in [0.1, 0.15) is 18.0 Å². The summed E-state index contributed by atoms with van der Waals surface area (Å²) in [5.41, 5.74) is 0.830. The van der Waals surface area contributed by atoms with Crippen LogP contribution in [0.4, 0.5) is 4.39 Å². The number of nitrogens with one attached hydrogen (secondary N) is 2. The quantitative estimate of drug-likeness (QED) is 0.803. The van der Waals surface area contributed by atoms with Gasteiger partial charge >= 0.3 is 0 Å². The van der Waals surface area contributed by atoms with Crippen LogP contribution in [0.2, 0.25) is 0 Å². The molecule has 0 aromatic heterocycles. The molecule has 0 saturated carbocycles. The Morgan fingerprint density at radius 2 is 2.00 bits per heavy atom. The van der Waals surface area contributed by atoms with E-state index in [1.807, 2.05) is 0 Å². The lowest BCUT2D eigenvalue weighted by Crippen LogP contribution is -2.32. The molecule has 19 heavy (non-hydrogen) atoms. The van der Waals surface area contributed by atoms with Gasteiger partial charge in [-0.1, -0.05) is 12.1 Å². The highest BCUT2D eigenvalue weighted by molar-refractivity contribution is 5.85. The number of rotatable bonds is 7. The van der Waals surface area contributed by atoms with E-state index in [2.05, 4.69) is 10.6 Å². The van der Waals surface area contributed by atoms with E-state index in [0.29, 0.717) is 19.6 Å². The summed E-state index contributed by atoms with van der Waals surface area (Å²) in [5, 5.41) is 5.77. The average Bonchev–Trinajstić information content (AvgIpc) is 2.37. The summed E-state index contributed by atoms with van der Waals surface area (Å²) in [7, 11) is 3.36. The minimum atomic E-state index is -0.295. The molecule has 0 bridgehead atoms. The highest BCUT2D eigenvalue weighted by Crippen LogP contribution is 2.14. The topological polar surface area (TPSA) is 50.4 Å². The summed E-state index contributed by atoms with van der Waals surface area (Å²) >= 11 is 0. The van der Waals surface area contributed by atoms with Crippen molar-refractivity contribution in [2.45, 2.75) is 12.5 Å². The van der Waals surface area contributed by atoms with Crippen LogP contribution in [-0.2, 0) is 9.53 Å². The number of halogens is 2. The maximum Gasteiger partial charge on any atom is 0.221 e. The van der Waals surface area contributed by atoms with Crippen molar-refractivity contribution in [3.8, 4) is 0 Å². The van der Waals surface area contributed by atoms with Gasteiger partial charge in [-0.3, -0.25) is 4.79 Å². The molecule has 0 aliphatic rings. The summed E-state index contributed by atoms with van der Waals surface area (Å²) in [4.78, 5) is 11.6. The van der Waals surface area contributed by atoms with E-state index in [9.17, 15) is 9.18 Å². The van der Waals surface area contributed by atoms with E-state index in [0.717, 1.165) is 5.56 Å². The first-order valence-electron chi connectivity index (χ1n) is 5.85. The molecule has 0 aliphatic carbocycles. The monoisotopic (exact) mass is 290 g/mol. The Hall–Kier alpha value is -1.17. The van der Waals surface area contributed by atoms with E-state index >= 15 is 0 Å². The van der Waals surface area contributed by atoms with Gasteiger partial charge in [0.15, 0.2) is 0 Å². The molecule has 0 saturated heterocycles. The minimum absolute atomic E-state index is 0. The first kappa shape index (κ1) is 17.8. The third kappa shape index (κ3) is 6.52. The molecule has 1 aromatic carbocycles. The molecule has 0 heterocycles. The van der Waals surface area contributed by atoms with Gasteiger partial charge in [0.25, 0.3) is 0 Å². The zero-order valence-corrected chi connectivity index (χ0v) is 11.9. The lowest BCUT2D eigenvalue weighted by Gasteiger charge is -2.18. The molecule has 0 spiro atoms. The van der Waals surface area contributed by atoms with Crippen molar-refractivity contribution in [2.75, 3.05) is 27.3 Å². The van der Waals surface area contributed by atoms with E-state index < -0.39 is 0 Å². The fraction of sp³-hybridized carbons (Fsp3) is 0.462. The normalized spacial score (nSPS) is 11.5. The van der Waals surface area contributed by atoms with Crippen molar-refractivity contribution in [3.05, 3.63) is 35.6 Å². The Kier molecular flexibility index (Phi) is 9.12. The Bertz CT molecular complexity index is 373. The van der Waals surface area contributed by atoms with Gasteiger partial charge in [-0.15, -0.1) is 12.4 Å². The second-order valence-electron chi connectivity index (χ2n) is 3.98. The third-order valence-electron chi connectivity index (χ3n) is 2.54. The van der Waals surface area contributed by atoms with Crippen molar-refractivity contribution in [3.63, 3.8) is 0 Å². The molecule has 108 valence electrons. The lowest BCUT2D eigenvalue weighted by molar-refractivity contribution is -0.122. The number of methoxy groups -OCH3 is 1. The number of benzene rings is 1. The maximum atomic E-state index is 12.8. The smallest absolute Gasteiger partial charge is 0.221 e. The van der Waals surface area contributed by atoms with Crippen molar-refractivity contribution < 1.29 is 13.9 Å². The van der Waals surface area contributed by atoms with Crippen LogP contribution in [0, 0.1) is 5.82 Å². The van der Waals surface area contributed by atoms with E-state index in [-0.39, 0.29) is 30.2 Å². The van der Waals surface area contributed by atoms with Crippen LogP contribution < -0.4 is 10.6 Å². The Morgan fingerprint density at radius 3 is 2.53 bits per heavy atom. The van der Waals surface area contributed by atoms with Crippen molar-refractivity contribution in [1.29, 1.82) is 0 Å². The molecule has 0 aliphatic heterocycles. The largest absolute Gasteiger partial charge is 0.382 e. The van der Waals surface area contributed by atoms with Gasteiger partial charge in [0.2, 0.25) is 5.91 Å². The molecule has 1 unspecified atom stereocenters. The second-order valence-corrected chi connectivity index (χ2v) is 3.98. The van der Waals surface area contributed by atoms with Crippen LogP contribution in [0.15, 0.2) is 24.3 Å². The molecule has 2 N–H and O–H groups in total. The summed E-state index contributed by atoms with van der Waals surface area (Å²) in [5.74, 6) is -0.354. The predicted octanol–water partition coefficient (Wildman–Crippen LogP) is 1.66. The maximum absolute atomic E-state index is 12.8. The summed E-state index contributed by atoms with van der Waals surface area (Å²) in [6.07, 6.45) is 0.401. The fourth-order valence-corrected chi connectivity index (χ4v) is 1.59. The van der Waals surface area contributed by atoms with Gasteiger partial charge in [0.05, 0.1) is 12.6 Å². The van der Waals surface area contributed by atoms with E-state index in [1.165, 1.54) is 12.1 Å². The number of carbonyl (C=O) groups excluding carboxylic acids is 1. The molecule has 1 amide bonds. The first-order valence-corrected chi connectivity index (χ1v) is 5.85. The Labute approximate surface area is 119 Å². The lowest BCUT2D eigenvalue weighted by atomic mass is 10.1. The van der Waals surface area contributed by atoms with Gasteiger partial charge in [0, 0.05) is 20.1 Å². The first-order chi connectivity index (χ1) is 8.67. The number of hydrogen-bond donors (Lipinski definition) is 2. The van der Waals surface area contributed by atoms with E-state index in [1.54, 1.807) is 26.3 Å². The van der Waals surface area contributed by atoms with Crippen LogP contribution in [-0.4, -0.2) is 33.2 Å². The number of ether oxygens (including phenoxy) is 1. The highest BCUT2D eigenvalue weighted by atomic mass is 35.5. The van der Waals surface area contributed by atoms with E-state index in [4.69, 9.17) is 4.74 Å². The minimum Gasteiger partial charge on any atom is -0.382 e. The molecule has 6 heteroatoms. The van der Waals surface area contributed by atoms with Crippen LogP contribution in [0.3, 0.4) is 0 Å². The fourth-order valence-electron chi connectivity index (χ4n) is 1.59. The third-order valence-corrected chi connectivity index (χ3v) is 2.54. The zero-order chi connectivity index (χ0) is 13.4. The SMILES string of the molecule is CNCCC(=O)NC(COC)c1ccc(F)cc1.Cl. The molecule has 0 fully saturated rings.